The molecule has 7 heteroatoms. The number of ether oxygens (including phenoxy) is 1. The summed E-state index contributed by atoms with van der Waals surface area (Å²) in [6.45, 7) is 5.79. The molecule has 0 radical (unpaired) electrons. The first-order chi connectivity index (χ1) is 11.8. The molecule has 1 unspecified atom stereocenters. The zero-order valence-electron chi connectivity index (χ0n) is 13.8. The molecular formula is C17H23N5O2. The Kier molecular flexibility index (Phi) is 5.62. The van der Waals surface area contributed by atoms with Gasteiger partial charge in [-0.15, -0.1) is 0 Å². The zero-order valence-corrected chi connectivity index (χ0v) is 13.8. The Labute approximate surface area is 142 Å². The summed E-state index contributed by atoms with van der Waals surface area (Å²) in [6, 6.07) is 5.67. The molecule has 1 atom stereocenters. The van der Waals surface area contributed by atoms with E-state index in [-0.39, 0.29) is 5.91 Å². The monoisotopic (exact) mass is 329 g/mol. The number of hydrogen-bond donors (Lipinski definition) is 1. The zero-order chi connectivity index (χ0) is 16.8. The lowest BCUT2D eigenvalue weighted by Gasteiger charge is -2.28. The number of aromatic nitrogens is 1. The number of amides is 1. The Hall–Kier alpha value is -2.17. The molecule has 7 nitrogen and oxygen atoms in total. The van der Waals surface area contributed by atoms with Gasteiger partial charge in [-0.3, -0.25) is 9.69 Å². The number of anilines is 1. The van der Waals surface area contributed by atoms with Crippen molar-refractivity contribution >= 4 is 11.7 Å². The van der Waals surface area contributed by atoms with Crippen molar-refractivity contribution in [1.82, 2.24) is 14.8 Å². The maximum absolute atomic E-state index is 12.3. The summed E-state index contributed by atoms with van der Waals surface area (Å²) in [6.07, 6.45) is 2.74. The molecule has 1 N–H and O–H groups in total. The van der Waals surface area contributed by atoms with Crippen LogP contribution in [0.15, 0.2) is 18.3 Å². The van der Waals surface area contributed by atoms with Crippen LogP contribution in [0.4, 0.5) is 5.82 Å². The summed E-state index contributed by atoms with van der Waals surface area (Å²) in [7, 11) is 0. The lowest BCUT2D eigenvalue weighted by atomic mass is 10.1. The van der Waals surface area contributed by atoms with Gasteiger partial charge in [0, 0.05) is 32.4 Å². The van der Waals surface area contributed by atoms with Gasteiger partial charge < -0.3 is 15.0 Å². The summed E-state index contributed by atoms with van der Waals surface area (Å²) < 4.78 is 5.29. The number of nitrogens with zero attached hydrogens (tertiary/aromatic N) is 4. The van der Waals surface area contributed by atoms with Gasteiger partial charge in [0.1, 0.15) is 11.9 Å². The molecule has 3 heterocycles. The largest absolute Gasteiger partial charge is 0.378 e. The average Bonchev–Trinajstić information content (AvgIpc) is 3.08. The second-order valence-electron chi connectivity index (χ2n) is 6.28. The fourth-order valence-corrected chi connectivity index (χ4v) is 3.20. The molecule has 24 heavy (non-hydrogen) atoms. The summed E-state index contributed by atoms with van der Waals surface area (Å²) in [5.74, 6) is 1.31. The van der Waals surface area contributed by atoms with Gasteiger partial charge in [0.05, 0.1) is 25.3 Å². The summed E-state index contributed by atoms with van der Waals surface area (Å²) in [5.41, 5.74) is 0.565. The van der Waals surface area contributed by atoms with Gasteiger partial charge in [0.15, 0.2) is 0 Å². The molecule has 0 spiro atoms. The van der Waals surface area contributed by atoms with Crippen molar-refractivity contribution in [3.05, 3.63) is 23.9 Å². The number of rotatable bonds is 5. The van der Waals surface area contributed by atoms with Crippen molar-refractivity contribution in [3.8, 4) is 6.07 Å². The topological polar surface area (TPSA) is 81.5 Å². The quantitative estimate of drug-likeness (QED) is 0.849. The summed E-state index contributed by atoms with van der Waals surface area (Å²) >= 11 is 0. The SMILES string of the molecule is N#Cc1cccnc1NCC1CCN(CC(=O)N2CCOCC2)C1. The van der Waals surface area contributed by atoms with Gasteiger partial charge >= 0.3 is 0 Å². The predicted octanol–water partition coefficient (Wildman–Crippen LogP) is 0.546. The van der Waals surface area contributed by atoms with Gasteiger partial charge in [-0.05, 0) is 31.0 Å². The highest BCUT2D eigenvalue weighted by molar-refractivity contribution is 5.78. The van der Waals surface area contributed by atoms with Crippen LogP contribution in [-0.2, 0) is 9.53 Å². The van der Waals surface area contributed by atoms with Crippen LogP contribution in [0.1, 0.15) is 12.0 Å². The minimum atomic E-state index is 0.198. The third-order valence-corrected chi connectivity index (χ3v) is 4.58. The lowest BCUT2D eigenvalue weighted by Crippen LogP contribution is -2.45. The second kappa shape index (κ2) is 8.08. The fourth-order valence-electron chi connectivity index (χ4n) is 3.20. The Morgan fingerprint density at radius 1 is 1.42 bits per heavy atom. The first-order valence-corrected chi connectivity index (χ1v) is 8.43. The number of morpholine rings is 1. The van der Waals surface area contributed by atoms with Crippen molar-refractivity contribution in [2.75, 3.05) is 57.8 Å². The first kappa shape index (κ1) is 16.7. The molecule has 2 aliphatic rings. The van der Waals surface area contributed by atoms with Gasteiger partial charge in [0.25, 0.3) is 0 Å². The highest BCUT2D eigenvalue weighted by Gasteiger charge is 2.26. The molecule has 1 amide bonds. The molecule has 1 aromatic rings. The van der Waals surface area contributed by atoms with E-state index in [2.05, 4.69) is 21.3 Å². The Balaban J connectivity index is 1.44. The molecule has 0 saturated carbocycles. The minimum absolute atomic E-state index is 0.198. The molecule has 2 aliphatic heterocycles. The van der Waals surface area contributed by atoms with Gasteiger partial charge in [0.2, 0.25) is 5.91 Å². The van der Waals surface area contributed by atoms with E-state index in [1.807, 2.05) is 4.90 Å². The van der Waals surface area contributed by atoms with E-state index in [1.54, 1.807) is 18.3 Å². The van der Waals surface area contributed by atoms with Crippen molar-refractivity contribution < 1.29 is 9.53 Å². The average molecular weight is 329 g/mol. The number of carbonyl (C=O) groups is 1. The fraction of sp³-hybridized carbons (Fsp3) is 0.588. The number of nitriles is 1. The second-order valence-corrected chi connectivity index (χ2v) is 6.28. The van der Waals surface area contributed by atoms with Crippen molar-refractivity contribution in [3.63, 3.8) is 0 Å². The molecule has 2 saturated heterocycles. The molecule has 128 valence electrons. The molecule has 3 rings (SSSR count). The van der Waals surface area contributed by atoms with Gasteiger partial charge in [-0.25, -0.2) is 4.98 Å². The first-order valence-electron chi connectivity index (χ1n) is 8.43. The molecule has 0 bridgehead atoms. The number of hydrogen-bond acceptors (Lipinski definition) is 6. The number of pyridine rings is 1. The van der Waals surface area contributed by atoms with E-state index in [0.29, 0.717) is 50.1 Å². The van der Waals surface area contributed by atoms with Crippen LogP contribution < -0.4 is 5.32 Å². The van der Waals surface area contributed by atoms with Crippen molar-refractivity contribution in [2.24, 2.45) is 5.92 Å². The van der Waals surface area contributed by atoms with Crippen LogP contribution in [0.2, 0.25) is 0 Å². The number of nitrogens with one attached hydrogen (secondary N) is 1. The maximum atomic E-state index is 12.3. The number of likely N-dealkylation sites (tertiary alicyclic amines) is 1. The van der Waals surface area contributed by atoms with E-state index in [4.69, 9.17) is 10.00 Å². The Morgan fingerprint density at radius 3 is 3.04 bits per heavy atom. The third-order valence-electron chi connectivity index (χ3n) is 4.58. The highest BCUT2D eigenvalue weighted by Crippen LogP contribution is 2.18. The standard InChI is InChI=1S/C17H23N5O2/c18-10-15-2-1-4-19-17(15)20-11-14-3-5-21(12-14)13-16(23)22-6-8-24-9-7-22/h1-2,4,14H,3,5-9,11-13H2,(H,19,20). The van der Waals surface area contributed by atoms with E-state index < -0.39 is 0 Å². The Bertz CT molecular complexity index is 609. The van der Waals surface area contributed by atoms with E-state index in [0.717, 1.165) is 26.1 Å². The van der Waals surface area contributed by atoms with Crippen LogP contribution in [0.3, 0.4) is 0 Å². The van der Waals surface area contributed by atoms with Crippen LogP contribution in [0.5, 0.6) is 0 Å². The molecule has 1 aromatic heterocycles. The van der Waals surface area contributed by atoms with Gasteiger partial charge in [-0.2, -0.15) is 5.26 Å². The predicted molar refractivity (Wildman–Crippen MR) is 89.4 cm³/mol. The molecule has 2 fully saturated rings. The third kappa shape index (κ3) is 4.22. The molecule has 0 aliphatic carbocycles. The van der Waals surface area contributed by atoms with E-state index >= 15 is 0 Å². The molecular weight excluding hydrogens is 306 g/mol. The lowest BCUT2D eigenvalue weighted by molar-refractivity contribution is -0.136. The maximum Gasteiger partial charge on any atom is 0.236 e. The smallest absolute Gasteiger partial charge is 0.236 e. The van der Waals surface area contributed by atoms with Crippen LogP contribution in [0, 0.1) is 17.2 Å². The summed E-state index contributed by atoms with van der Waals surface area (Å²) in [5, 5.41) is 12.4. The Morgan fingerprint density at radius 2 is 2.25 bits per heavy atom. The normalized spacial score (nSPS) is 21.5. The highest BCUT2D eigenvalue weighted by atomic mass is 16.5. The van der Waals surface area contributed by atoms with Crippen LogP contribution in [0.25, 0.3) is 0 Å². The molecule has 0 aromatic carbocycles. The summed E-state index contributed by atoms with van der Waals surface area (Å²) in [4.78, 5) is 20.6. The van der Waals surface area contributed by atoms with Crippen molar-refractivity contribution in [2.45, 2.75) is 6.42 Å². The number of carbonyl (C=O) groups excluding carboxylic acids is 1. The van der Waals surface area contributed by atoms with Crippen LogP contribution >= 0.6 is 0 Å². The minimum Gasteiger partial charge on any atom is -0.378 e. The van der Waals surface area contributed by atoms with Crippen LogP contribution in [-0.4, -0.2) is 73.2 Å². The van der Waals surface area contributed by atoms with E-state index in [1.165, 1.54) is 0 Å². The van der Waals surface area contributed by atoms with Crippen molar-refractivity contribution in [1.29, 1.82) is 5.26 Å². The van der Waals surface area contributed by atoms with E-state index in [9.17, 15) is 4.79 Å². The van der Waals surface area contributed by atoms with Gasteiger partial charge in [-0.1, -0.05) is 0 Å².